The van der Waals surface area contributed by atoms with E-state index < -0.39 is 0 Å². The van der Waals surface area contributed by atoms with E-state index in [1.165, 1.54) is 25.7 Å². The van der Waals surface area contributed by atoms with Gasteiger partial charge >= 0.3 is 0 Å². The van der Waals surface area contributed by atoms with Crippen molar-refractivity contribution in [3.63, 3.8) is 0 Å². The highest BCUT2D eigenvalue weighted by Crippen LogP contribution is 2.28. The third-order valence-corrected chi connectivity index (χ3v) is 5.60. The number of carbonyl (C=O) groups excluding carboxylic acids is 1. The summed E-state index contributed by atoms with van der Waals surface area (Å²) in [5.41, 5.74) is 8.27. The number of nitrogens with zero attached hydrogens (tertiary/aromatic N) is 2. The van der Waals surface area contributed by atoms with Crippen LogP contribution in [0.5, 0.6) is 0 Å². The maximum atomic E-state index is 12.8. The van der Waals surface area contributed by atoms with Gasteiger partial charge in [0.15, 0.2) is 0 Å². The monoisotopic (exact) mass is 387 g/mol. The smallest absolute Gasteiger partial charge is 0.254 e. The Morgan fingerprint density at radius 1 is 1.04 bits per heavy atom. The van der Waals surface area contributed by atoms with Crippen LogP contribution in [-0.4, -0.2) is 47.9 Å². The first kappa shape index (κ1) is 22.1. The number of amides is 1. The Labute approximate surface area is 163 Å². The molecule has 1 amide bonds. The lowest BCUT2D eigenvalue weighted by Crippen LogP contribution is -2.52. The highest BCUT2D eigenvalue weighted by Gasteiger charge is 2.29. The van der Waals surface area contributed by atoms with Crippen molar-refractivity contribution in [1.82, 2.24) is 9.80 Å². The van der Waals surface area contributed by atoms with Gasteiger partial charge in [0, 0.05) is 43.5 Å². The maximum absolute atomic E-state index is 12.8. The first-order chi connectivity index (χ1) is 11.0. The zero-order valence-electron chi connectivity index (χ0n) is 15.2. The van der Waals surface area contributed by atoms with Crippen LogP contribution in [0.3, 0.4) is 0 Å². The molecule has 0 atom stereocenters. The minimum absolute atomic E-state index is 0. The van der Waals surface area contributed by atoms with E-state index in [0.717, 1.165) is 49.3 Å². The quantitative estimate of drug-likeness (QED) is 0.785. The summed E-state index contributed by atoms with van der Waals surface area (Å²) in [6.45, 7) is 8.02. The van der Waals surface area contributed by atoms with E-state index in [0.29, 0.717) is 5.69 Å². The van der Waals surface area contributed by atoms with Gasteiger partial charge in [0.2, 0.25) is 0 Å². The number of carbonyl (C=O) groups is 1. The van der Waals surface area contributed by atoms with Gasteiger partial charge < -0.3 is 10.6 Å². The van der Waals surface area contributed by atoms with Crippen molar-refractivity contribution in [3.8, 4) is 0 Å². The van der Waals surface area contributed by atoms with Crippen molar-refractivity contribution < 1.29 is 4.79 Å². The molecule has 1 saturated heterocycles. The van der Waals surface area contributed by atoms with Gasteiger partial charge in [0.1, 0.15) is 0 Å². The highest BCUT2D eigenvalue weighted by molar-refractivity contribution is 5.96. The maximum Gasteiger partial charge on any atom is 0.254 e. The van der Waals surface area contributed by atoms with Crippen LogP contribution >= 0.6 is 24.8 Å². The Hall–Kier alpha value is -0.970. The van der Waals surface area contributed by atoms with Crippen molar-refractivity contribution in [3.05, 3.63) is 29.3 Å². The molecule has 1 aromatic carbocycles. The topological polar surface area (TPSA) is 49.6 Å². The van der Waals surface area contributed by atoms with Gasteiger partial charge in [-0.05, 0) is 56.2 Å². The summed E-state index contributed by atoms with van der Waals surface area (Å²) in [6.07, 6.45) is 5.35. The average Bonchev–Trinajstić information content (AvgIpc) is 2.57. The summed E-state index contributed by atoms with van der Waals surface area (Å²) in [6, 6.07) is 6.33. The summed E-state index contributed by atoms with van der Waals surface area (Å²) < 4.78 is 0. The lowest BCUT2D eigenvalue weighted by Gasteiger charge is -2.41. The number of nitrogens with two attached hydrogens (primary N) is 1. The molecule has 0 unspecified atom stereocenters. The summed E-state index contributed by atoms with van der Waals surface area (Å²) in [7, 11) is 0. The van der Waals surface area contributed by atoms with Gasteiger partial charge in [0.05, 0.1) is 0 Å². The zero-order chi connectivity index (χ0) is 16.4. The Kier molecular flexibility index (Phi) is 8.52. The summed E-state index contributed by atoms with van der Waals surface area (Å²) in [5.74, 6) is 1.02. The lowest BCUT2D eigenvalue weighted by atomic mass is 9.86. The number of anilines is 1. The third kappa shape index (κ3) is 5.25. The highest BCUT2D eigenvalue weighted by atomic mass is 35.5. The molecule has 142 valence electrons. The van der Waals surface area contributed by atoms with E-state index in [4.69, 9.17) is 5.73 Å². The number of halogens is 2. The summed E-state index contributed by atoms with van der Waals surface area (Å²) >= 11 is 0. The molecule has 2 fully saturated rings. The number of aryl methyl sites for hydroxylation is 1. The largest absolute Gasteiger partial charge is 0.399 e. The fraction of sp³-hybridized carbons (Fsp3) is 0.632. The van der Waals surface area contributed by atoms with Crippen molar-refractivity contribution in [2.24, 2.45) is 5.92 Å². The second-order valence-corrected chi connectivity index (χ2v) is 7.32. The first-order valence-corrected chi connectivity index (χ1v) is 8.94. The molecular formula is C19H31Cl2N3O. The van der Waals surface area contributed by atoms with Gasteiger partial charge in [-0.3, -0.25) is 9.69 Å². The fourth-order valence-corrected chi connectivity index (χ4v) is 3.94. The van der Waals surface area contributed by atoms with Crippen LogP contribution in [0.2, 0.25) is 0 Å². The molecule has 0 bridgehead atoms. The van der Waals surface area contributed by atoms with Gasteiger partial charge in [-0.15, -0.1) is 24.8 Å². The first-order valence-electron chi connectivity index (χ1n) is 8.94. The van der Waals surface area contributed by atoms with E-state index in [1.807, 2.05) is 30.0 Å². The summed E-state index contributed by atoms with van der Waals surface area (Å²) in [4.78, 5) is 17.3. The molecule has 1 saturated carbocycles. The SMILES string of the molecule is Cc1ccc(N)cc1C(=O)N1CCN(C2CCC(C)CC2)CC1.Cl.Cl. The Morgan fingerprint density at radius 3 is 2.24 bits per heavy atom. The zero-order valence-corrected chi connectivity index (χ0v) is 16.9. The molecule has 1 aliphatic carbocycles. The number of hydrogen-bond donors (Lipinski definition) is 1. The summed E-state index contributed by atoms with van der Waals surface area (Å²) in [5, 5.41) is 0. The Morgan fingerprint density at radius 2 is 1.64 bits per heavy atom. The standard InChI is InChI=1S/C19H29N3O.2ClH/c1-14-3-7-17(8-4-14)21-9-11-22(12-10-21)19(23)18-13-16(20)6-5-15(18)2;;/h5-6,13-14,17H,3-4,7-12,20H2,1-2H3;2*1H. The average molecular weight is 388 g/mol. The lowest BCUT2D eigenvalue weighted by molar-refractivity contribution is 0.0501. The number of benzene rings is 1. The van der Waals surface area contributed by atoms with E-state index in [-0.39, 0.29) is 30.7 Å². The Bertz CT molecular complexity index is 566. The van der Waals surface area contributed by atoms with Gasteiger partial charge in [-0.1, -0.05) is 13.0 Å². The molecule has 0 aromatic heterocycles. The Balaban J connectivity index is 0.00000156. The third-order valence-electron chi connectivity index (χ3n) is 5.60. The van der Waals surface area contributed by atoms with E-state index in [2.05, 4.69) is 11.8 Å². The van der Waals surface area contributed by atoms with Crippen molar-refractivity contribution in [1.29, 1.82) is 0 Å². The van der Waals surface area contributed by atoms with Crippen LogP contribution in [0.25, 0.3) is 0 Å². The number of piperazine rings is 1. The van der Waals surface area contributed by atoms with E-state index in [9.17, 15) is 4.79 Å². The predicted octanol–water partition coefficient (Wildman–Crippen LogP) is 3.76. The van der Waals surface area contributed by atoms with Crippen molar-refractivity contribution in [2.75, 3.05) is 31.9 Å². The van der Waals surface area contributed by atoms with Crippen LogP contribution < -0.4 is 5.73 Å². The molecule has 0 radical (unpaired) electrons. The van der Waals surface area contributed by atoms with E-state index in [1.54, 1.807) is 0 Å². The molecule has 6 heteroatoms. The number of nitrogen functional groups attached to an aromatic ring is 1. The second-order valence-electron chi connectivity index (χ2n) is 7.32. The molecule has 2 aliphatic rings. The van der Waals surface area contributed by atoms with Crippen LogP contribution in [0.1, 0.15) is 48.5 Å². The molecule has 3 rings (SSSR count). The molecular weight excluding hydrogens is 357 g/mol. The fourth-order valence-electron chi connectivity index (χ4n) is 3.94. The second kappa shape index (κ2) is 9.65. The van der Waals surface area contributed by atoms with E-state index >= 15 is 0 Å². The van der Waals surface area contributed by atoms with Crippen LogP contribution in [-0.2, 0) is 0 Å². The molecule has 0 spiro atoms. The van der Waals surface area contributed by atoms with Crippen LogP contribution in [0.4, 0.5) is 5.69 Å². The van der Waals surface area contributed by atoms with Gasteiger partial charge in [-0.2, -0.15) is 0 Å². The molecule has 25 heavy (non-hydrogen) atoms. The number of rotatable bonds is 2. The molecule has 4 nitrogen and oxygen atoms in total. The van der Waals surface area contributed by atoms with Crippen LogP contribution in [0.15, 0.2) is 18.2 Å². The predicted molar refractivity (Wildman–Crippen MR) is 109 cm³/mol. The molecule has 1 heterocycles. The van der Waals surface area contributed by atoms with Gasteiger partial charge in [-0.25, -0.2) is 0 Å². The molecule has 2 N–H and O–H groups in total. The molecule has 1 aromatic rings. The minimum Gasteiger partial charge on any atom is -0.399 e. The number of hydrogen-bond acceptors (Lipinski definition) is 3. The van der Waals surface area contributed by atoms with Crippen LogP contribution in [0, 0.1) is 12.8 Å². The normalized spacial score (nSPS) is 24.2. The van der Waals surface area contributed by atoms with Crippen molar-refractivity contribution >= 4 is 36.4 Å². The minimum atomic E-state index is 0. The van der Waals surface area contributed by atoms with Crippen molar-refractivity contribution in [2.45, 2.75) is 45.6 Å². The molecule has 1 aliphatic heterocycles. The van der Waals surface area contributed by atoms with Gasteiger partial charge in [0.25, 0.3) is 5.91 Å².